The van der Waals surface area contributed by atoms with Crippen molar-refractivity contribution in [2.24, 2.45) is 0 Å². The molecule has 0 saturated heterocycles. The van der Waals surface area contributed by atoms with Crippen LogP contribution in [-0.4, -0.2) is 40.9 Å². The summed E-state index contributed by atoms with van der Waals surface area (Å²) in [5.41, 5.74) is 0.0520. The normalized spacial score (nSPS) is 10.6. The molecule has 182 valence electrons. The number of nitro groups is 1. The number of hydrogen-bond acceptors (Lipinski definition) is 8. The van der Waals surface area contributed by atoms with Gasteiger partial charge in [-0.15, -0.1) is 0 Å². The number of nitro benzene ring substituents is 1. The van der Waals surface area contributed by atoms with E-state index < -0.39 is 22.7 Å². The first-order chi connectivity index (χ1) is 17.3. The summed E-state index contributed by atoms with van der Waals surface area (Å²) in [4.78, 5) is 37.8. The standard InChI is InChI=1S/C25H18FN3O6S/c1-34-24(30)21-22(27-28(23(21)25(31)35-2)17-6-4-3-5-7-17)15-8-13-20(19(14-15)29(32)33)36-18-11-9-16(26)10-12-18/h3-14H,1-2H3. The molecule has 0 amide bonds. The van der Waals surface area contributed by atoms with Crippen LogP contribution in [0.3, 0.4) is 0 Å². The molecule has 4 rings (SSSR count). The maximum atomic E-state index is 13.2. The summed E-state index contributed by atoms with van der Waals surface area (Å²) in [7, 11) is 2.32. The molecule has 0 aliphatic heterocycles. The quantitative estimate of drug-likeness (QED) is 0.188. The molecule has 36 heavy (non-hydrogen) atoms. The number of halogens is 1. The number of ether oxygens (including phenoxy) is 2. The van der Waals surface area contributed by atoms with Crippen molar-refractivity contribution in [2.75, 3.05) is 14.2 Å². The Hall–Kier alpha value is -4.51. The number of hydrogen-bond donors (Lipinski definition) is 0. The van der Waals surface area contributed by atoms with Crippen LogP contribution in [-0.2, 0) is 9.47 Å². The van der Waals surface area contributed by atoms with Gasteiger partial charge in [-0.1, -0.05) is 36.0 Å². The van der Waals surface area contributed by atoms with Gasteiger partial charge in [0.2, 0.25) is 0 Å². The third-order valence-electron chi connectivity index (χ3n) is 5.12. The fourth-order valence-electron chi connectivity index (χ4n) is 3.48. The molecule has 9 nitrogen and oxygen atoms in total. The number of carbonyl (C=O) groups excluding carboxylic acids is 2. The predicted molar refractivity (Wildman–Crippen MR) is 129 cm³/mol. The predicted octanol–water partition coefficient (Wildman–Crippen LogP) is 5.31. The van der Waals surface area contributed by atoms with Crippen molar-refractivity contribution < 1.29 is 28.4 Å². The van der Waals surface area contributed by atoms with E-state index in [-0.39, 0.29) is 28.2 Å². The van der Waals surface area contributed by atoms with Gasteiger partial charge in [-0.3, -0.25) is 10.1 Å². The van der Waals surface area contributed by atoms with E-state index in [9.17, 15) is 24.1 Å². The Kier molecular flexibility index (Phi) is 7.11. The Morgan fingerprint density at radius 2 is 1.64 bits per heavy atom. The molecule has 0 radical (unpaired) electrons. The molecule has 0 atom stereocenters. The molecule has 3 aromatic carbocycles. The first-order valence-corrected chi connectivity index (χ1v) is 11.2. The smallest absolute Gasteiger partial charge is 0.357 e. The highest BCUT2D eigenvalue weighted by Crippen LogP contribution is 2.38. The molecule has 0 bridgehead atoms. The molecule has 0 aliphatic rings. The van der Waals surface area contributed by atoms with Gasteiger partial charge in [0.15, 0.2) is 5.69 Å². The minimum Gasteiger partial charge on any atom is -0.465 e. The van der Waals surface area contributed by atoms with Crippen LogP contribution in [0.5, 0.6) is 0 Å². The number of para-hydroxylation sites is 1. The van der Waals surface area contributed by atoms with Crippen LogP contribution in [0.15, 0.2) is 82.6 Å². The first-order valence-electron chi connectivity index (χ1n) is 10.4. The van der Waals surface area contributed by atoms with E-state index in [1.54, 1.807) is 36.4 Å². The highest BCUT2D eigenvalue weighted by atomic mass is 32.2. The monoisotopic (exact) mass is 507 g/mol. The van der Waals surface area contributed by atoms with Gasteiger partial charge in [-0.05, 0) is 42.5 Å². The van der Waals surface area contributed by atoms with E-state index in [0.29, 0.717) is 15.5 Å². The van der Waals surface area contributed by atoms with Crippen molar-refractivity contribution in [3.05, 3.63) is 100.0 Å². The van der Waals surface area contributed by atoms with Crippen LogP contribution < -0.4 is 0 Å². The van der Waals surface area contributed by atoms with Gasteiger partial charge >= 0.3 is 11.9 Å². The highest BCUT2D eigenvalue weighted by molar-refractivity contribution is 7.99. The average molecular weight is 507 g/mol. The minimum absolute atomic E-state index is 0.00698. The molecule has 0 fully saturated rings. The second-order valence-electron chi connectivity index (χ2n) is 7.30. The molecule has 0 saturated carbocycles. The van der Waals surface area contributed by atoms with E-state index in [2.05, 4.69) is 5.10 Å². The number of esters is 2. The Morgan fingerprint density at radius 3 is 2.25 bits per heavy atom. The third kappa shape index (κ3) is 4.82. The lowest BCUT2D eigenvalue weighted by Crippen LogP contribution is -2.15. The Labute approximate surface area is 208 Å². The SMILES string of the molecule is COC(=O)c1c(-c2ccc(Sc3ccc(F)cc3)c([N+](=O)[O-])c2)nn(-c2ccccc2)c1C(=O)OC. The van der Waals surface area contributed by atoms with Crippen LogP contribution in [0.2, 0.25) is 0 Å². The molecule has 0 aliphatic carbocycles. The van der Waals surface area contributed by atoms with Crippen molar-refractivity contribution in [1.29, 1.82) is 0 Å². The molecular weight excluding hydrogens is 489 g/mol. The van der Waals surface area contributed by atoms with E-state index in [1.165, 1.54) is 41.1 Å². The number of aromatic nitrogens is 2. The van der Waals surface area contributed by atoms with Gasteiger partial charge in [0.1, 0.15) is 17.1 Å². The maximum absolute atomic E-state index is 13.2. The lowest BCUT2D eigenvalue weighted by atomic mass is 10.0. The summed E-state index contributed by atoms with van der Waals surface area (Å²) < 4.78 is 24.3. The second kappa shape index (κ2) is 10.4. The summed E-state index contributed by atoms with van der Waals surface area (Å²) in [5, 5.41) is 16.4. The van der Waals surface area contributed by atoms with E-state index >= 15 is 0 Å². The van der Waals surface area contributed by atoms with Crippen LogP contribution >= 0.6 is 11.8 Å². The largest absolute Gasteiger partial charge is 0.465 e. The van der Waals surface area contributed by atoms with Crippen LogP contribution in [0, 0.1) is 15.9 Å². The summed E-state index contributed by atoms with van der Waals surface area (Å²) in [6.07, 6.45) is 0. The Morgan fingerprint density at radius 1 is 0.972 bits per heavy atom. The van der Waals surface area contributed by atoms with Gasteiger partial charge < -0.3 is 9.47 Å². The van der Waals surface area contributed by atoms with Gasteiger partial charge in [-0.25, -0.2) is 18.7 Å². The van der Waals surface area contributed by atoms with Crippen LogP contribution in [0.4, 0.5) is 10.1 Å². The van der Waals surface area contributed by atoms with Gasteiger partial charge in [0.05, 0.1) is 29.7 Å². The van der Waals surface area contributed by atoms with Gasteiger partial charge in [0, 0.05) is 16.5 Å². The minimum atomic E-state index is -0.861. The van der Waals surface area contributed by atoms with Crippen molar-refractivity contribution in [2.45, 2.75) is 9.79 Å². The fourth-order valence-corrected chi connectivity index (χ4v) is 4.38. The van der Waals surface area contributed by atoms with Crippen molar-refractivity contribution in [3.8, 4) is 16.9 Å². The number of methoxy groups -OCH3 is 2. The molecule has 1 heterocycles. The molecule has 11 heteroatoms. The van der Waals surface area contributed by atoms with Gasteiger partial charge in [0.25, 0.3) is 5.69 Å². The molecule has 0 spiro atoms. The topological polar surface area (TPSA) is 114 Å². The summed E-state index contributed by atoms with van der Waals surface area (Å²) >= 11 is 1.08. The van der Waals surface area contributed by atoms with E-state index in [1.807, 2.05) is 0 Å². The highest BCUT2D eigenvalue weighted by Gasteiger charge is 2.32. The lowest BCUT2D eigenvalue weighted by molar-refractivity contribution is -0.387. The molecular formula is C25H18FN3O6S. The van der Waals surface area contributed by atoms with E-state index in [0.717, 1.165) is 26.0 Å². The summed E-state index contributed by atoms with van der Waals surface area (Å²) in [6.45, 7) is 0. The number of carbonyl (C=O) groups is 2. The van der Waals surface area contributed by atoms with Crippen molar-refractivity contribution >= 4 is 29.4 Å². The number of rotatable bonds is 7. The molecule has 4 aromatic rings. The first kappa shape index (κ1) is 24.6. The number of benzene rings is 3. The number of nitrogens with zero attached hydrogens (tertiary/aromatic N) is 3. The summed E-state index contributed by atoms with van der Waals surface area (Å²) in [5.74, 6) is -2.12. The zero-order chi connectivity index (χ0) is 25.8. The lowest BCUT2D eigenvalue weighted by Gasteiger charge is -2.07. The van der Waals surface area contributed by atoms with Gasteiger partial charge in [-0.2, -0.15) is 5.10 Å². The zero-order valence-corrected chi connectivity index (χ0v) is 19.8. The van der Waals surface area contributed by atoms with Crippen LogP contribution in [0.25, 0.3) is 16.9 Å². The fraction of sp³-hybridized carbons (Fsp3) is 0.0800. The van der Waals surface area contributed by atoms with Crippen LogP contribution in [0.1, 0.15) is 20.8 Å². The van der Waals surface area contributed by atoms with Crippen molar-refractivity contribution in [1.82, 2.24) is 9.78 Å². The zero-order valence-electron chi connectivity index (χ0n) is 19.0. The average Bonchev–Trinajstić information content (AvgIpc) is 3.30. The molecule has 0 N–H and O–H groups in total. The van der Waals surface area contributed by atoms with Crippen molar-refractivity contribution in [3.63, 3.8) is 0 Å². The maximum Gasteiger partial charge on any atom is 0.357 e. The molecule has 0 unspecified atom stereocenters. The Balaban J connectivity index is 1.91. The molecule has 1 aromatic heterocycles. The third-order valence-corrected chi connectivity index (χ3v) is 6.20. The second-order valence-corrected chi connectivity index (χ2v) is 8.41. The summed E-state index contributed by atoms with van der Waals surface area (Å²) in [6, 6.07) is 18.4. The van der Waals surface area contributed by atoms with E-state index in [4.69, 9.17) is 9.47 Å². The Bertz CT molecular complexity index is 1450.